The van der Waals surface area contributed by atoms with Gasteiger partial charge >= 0.3 is 22.0 Å². The van der Waals surface area contributed by atoms with E-state index in [0.717, 1.165) is 28.8 Å². The summed E-state index contributed by atoms with van der Waals surface area (Å²) in [6.07, 6.45) is -7.15. The molecular formula is C24H22F8N6O8S. The number of amides is 3. The number of fused-ring (bicyclic) bond motifs is 1. The van der Waals surface area contributed by atoms with Crippen LogP contribution in [0.25, 0.3) is 10.9 Å². The highest BCUT2D eigenvalue weighted by molar-refractivity contribution is 7.86. The lowest BCUT2D eigenvalue weighted by atomic mass is 10.1. The van der Waals surface area contributed by atoms with E-state index in [0.29, 0.717) is 17.1 Å². The van der Waals surface area contributed by atoms with E-state index < -0.39 is 88.4 Å². The minimum atomic E-state index is -5.84. The molecular weight excluding hydrogens is 684 g/mol. The number of anilines is 1. The zero-order valence-electron chi connectivity index (χ0n) is 23.6. The number of nitrogens with one attached hydrogen (secondary N) is 1. The molecule has 23 heteroatoms. The number of primary amides is 1. The molecule has 3 aromatic rings. The Balaban J connectivity index is 0.000000665. The molecule has 0 unspecified atom stereocenters. The number of carbonyl (C=O) groups is 3. The van der Waals surface area contributed by atoms with Gasteiger partial charge in [-0.15, -0.1) is 13.2 Å². The molecule has 4 rings (SSSR count). The molecule has 0 spiro atoms. The van der Waals surface area contributed by atoms with E-state index in [1.54, 1.807) is 13.0 Å². The second-order valence-electron chi connectivity index (χ2n) is 9.50. The van der Waals surface area contributed by atoms with Gasteiger partial charge in [0.2, 0.25) is 11.8 Å². The van der Waals surface area contributed by atoms with Gasteiger partial charge in [-0.25, -0.2) is 8.78 Å². The number of nitrogens with zero attached hydrogens (tertiary/aromatic N) is 4. The second kappa shape index (κ2) is 13.6. The molecule has 1 fully saturated rings. The Labute approximate surface area is 258 Å². The summed E-state index contributed by atoms with van der Waals surface area (Å²) in [7, 11) is -4.75. The van der Waals surface area contributed by atoms with Crippen LogP contribution >= 0.6 is 0 Å². The maximum Gasteiger partial charge on any atom is 0.573 e. The van der Waals surface area contributed by atoms with Gasteiger partial charge in [0.15, 0.2) is 17.3 Å². The first-order valence-corrected chi connectivity index (χ1v) is 14.0. The molecule has 1 aliphatic heterocycles. The fraction of sp³-hybridized carbons (Fsp3) is 0.375. The van der Waals surface area contributed by atoms with Gasteiger partial charge in [0.25, 0.3) is 5.91 Å². The van der Waals surface area contributed by atoms with Gasteiger partial charge in [-0.1, -0.05) is 6.07 Å². The fourth-order valence-corrected chi connectivity index (χ4v) is 4.32. The van der Waals surface area contributed by atoms with Crippen LogP contribution < -0.4 is 15.8 Å². The number of hydrogen-bond acceptors (Lipinski definition) is 9. The first-order valence-electron chi connectivity index (χ1n) is 12.5. The Morgan fingerprint density at radius 3 is 2.32 bits per heavy atom. The lowest BCUT2D eigenvalue weighted by molar-refractivity contribution is -0.275. The maximum atomic E-state index is 14.8. The Hall–Kier alpha value is -4.64. The van der Waals surface area contributed by atoms with E-state index >= 15 is 0 Å². The van der Waals surface area contributed by atoms with Crippen molar-refractivity contribution in [2.24, 2.45) is 5.73 Å². The van der Waals surface area contributed by atoms with Crippen LogP contribution in [0.15, 0.2) is 30.5 Å². The van der Waals surface area contributed by atoms with Crippen molar-refractivity contribution in [1.29, 1.82) is 0 Å². The summed E-state index contributed by atoms with van der Waals surface area (Å²) in [6, 6.07) is 2.56. The molecule has 3 atom stereocenters. The van der Waals surface area contributed by atoms with E-state index in [9.17, 15) is 49.5 Å². The van der Waals surface area contributed by atoms with Crippen molar-refractivity contribution < 1.29 is 72.0 Å². The third-order valence-electron chi connectivity index (χ3n) is 6.27. The van der Waals surface area contributed by atoms with Crippen LogP contribution in [0.3, 0.4) is 0 Å². The molecule has 2 aromatic heterocycles. The monoisotopic (exact) mass is 706 g/mol. The Morgan fingerprint density at radius 1 is 1.17 bits per heavy atom. The van der Waals surface area contributed by atoms with E-state index in [-0.39, 0.29) is 11.2 Å². The predicted molar refractivity (Wildman–Crippen MR) is 141 cm³/mol. The second-order valence-corrected chi connectivity index (χ2v) is 10.9. The molecule has 0 aliphatic carbocycles. The van der Waals surface area contributed by atoms with Crippen molar-refractivity contribution in [2.75, 3.05) is 19.0 Å². The number of likely N-dealkylation sites (tertiary alicyclic amines) is 1. The molecule has 258 valence electrons. The number of halogens is 8. The lowest BCUT2D eigenvalue weighted by Crippen LogP contribution is -2.49. The van der Waals surface area contributed by atoms with E-state index in [2.05, 4.69) is 20.1 Å². The van der Waals surface area contributed by atoms with Gasteiger partial charge in [-0.3, -0.25) is 28.6 Å². The largest absolute Gasteiger partial charge is 0.573 e. The van der Waals surface area contributed by atoms with Crippen molar-refractivity contribution >= 4 is 44.4 Å². The summed E-state index contributed by atoms with van der Waals surface area (Å²) in [5.41, 5.74) is -0.154. The van der Waals surface area contributed by atoms with Crippen LogP contribution in [-0.2, 0) is 31.0 Å². The average Bonchev–Trinajstić information content (AvgIpc) is 3.46. The normalized spacial score (nSPS) is 18.4. The van der Waals surface area contributed by atoms with E-state index in [4.69, 9.17) is 23.4 Å². The van der Waals surface area contributed by atoms with E-state index in [1.807, 2.05) is 0 Å². The first-order chi connectivity index (χ1) is 21.6. The highest BCUT2D eigenvalue weighted by Gasteiger charge is 2.49. The molecule has 1 saturated heterocycles. The van der Waals surface area contributed by atoms with Gasteiger partial charge in [-0.2, -0.15) is 26.7 Å². The summed E-state index contributed by atoms with van der Waals surface area (Å²) in [6.45, 7) is 0.513. The smallest absolute Gasteiger partial charge is 0.403 e. The molecule has 1 aliphatic rings. The quantitative estimate of drug-likeness (QED) is 0.187. The summed E-state index contributed by atoms with van der Waals surface area (Å²) in [5.74, 6) is -5.55. The highest BCUT2D eigenvalue weighted by atomic mass is 32.2. The van der Waals surface area contributed by atoms with E-state index in [1.165, 1.54) is 6.20 Å². The molecule has 1 aromatic carbocycles. The minimum Gasteiger partial charge on any atom is -0.403 e. The number of aryl methyl sites for hydroxylation is 1. The van der Waals surface area contributed by atoms with Gasteiger partial charge in [-0.05, 0) is 25.1 Å². The van der Waals surface area contributed by atoms with Gasteiger partial charge in [0.1, 0.15) is 24.9 Å². The molecule has 47 heavy (non-hydrogen) atoms. The molecule has 3 amide bonds. The van der Waals surface area contributed by atoms with Crippen LogP contribution in [0.2, 0.25) is 0 Å². The van der Waals surface area contributed by atoms with Crippen LogP contribution in [0, 0.1) is 12.7 Å². The molecule has 4 N–H and O–H groups in total. The zero-order chi connectivity index (χ0) is 35.6. The molecule has 0 radical (unpaired) electrons. The SMILES string of the molecule is CO[C@H]1[C@@H](C(=O)Nc2cccc(OC(F)(F)F)c2F)N(C(=O)Cn2nc(C(N)=O)c3cc(C)ncc32)C[C@@H]1F.O=S(=O)(O)C(F)(F)F. The average molecular weight is 707 g/mol. The number of alkyl halides is 7. The third kappa shape index (κ3) is 8.59. The first kappa shape index (κ1) is 36.8. The molecule has 14 nitrogen and oxygen atoms in total. The molecule has 0 bridgehead atoms. The summed E-state index contributed by atoms with van der Waals surface area (Å²) in [4.78, 5) is 43.2. The molecule has 0 saturated carbocycles. The standard InChI is InChI=1S/C23H21F5N6O5.CHF3O3S/c1-10-6-11-14(7-30-10)34(32-18(11)21(29)36)9-16(35)33-8-12(24)20(38-2)19(33)22(37)31-13-4-3-5-15(17(13)25)39-23(26,27)28;2-1(3,4)8(5,6)7/h3-7,12,19-20H,8-9H2,1-2H3,(H2,29,36)(H,31,37);(H,5,6,7)/t12-,19-,20+;/m0./s1. The number of aromatic nitrogens is 3. The van der Waals surface area contributed by atoms with Gasteiger partial charge < -0.3 is 25.4 Å². The van der Waals surface area contributed by atoms with Crippen LogP contribution in [-0.4, -0.2) is 94.2 Å². The molecule has 3 heterocycles. The van der Waals surface area contributed by atoms with Gasteiger partial charge in [0.05, 0.1) is 23.9 Å². The van der Waals surface area contributed by atoms with Gasteiger partial charge in [0, 0.05) is 18.2 Å². The number of carbonyl (C=O) groups excluding carboxylic acids is 3. The maximum absolute atomic E-state index is 14.8. The number of pyridine rings is 1. The summed E-state index contributed by atoms with van der Waals surface area (Å²) >= 11 is 0. The predicted octanol–water partition coefficient (Wildman–Crippen LogP) is 2.47. The number of nitrogens with two attached hydrogens (primary N) is 1. The van der Waals surface area contributed by atoms with Crippen LogP contribution in [0.1, 0.15) is 16.2 Å². The van der Waals surface area contributed by atoms with Crippen LogP contribution in [0.5, 0.6) is 5.75 Å². The Morgan fingerprint density at radius 2 is 1.79 bits per heavy atom. The third-order valence-corrected chi connectivity index (χ3v) is 6.85. The number of benzene rings is 1. The Bertz CT molecular complexity index is 1780. The lowest BCUT2D eigenvalue weighted by Gasteiger charge is -2.26. The summed E-state index contributed by atoms with van der Waals surface area (Å²) < 4.78 is 134. The highest BCUT2D eigenvalue weighted by Crippen LogP contribution is 2.31. The topological polar surface area (TPSA) is 196 Å². The van der Waals surface area contributed by atoms with Crippen molar-refractivity contribution in [3.05, 3.63) is 47.7 Å². The van der Waals surface area contributed by atoms with Crippen molar-refractivity contribution in [1.82, 2.24) is 19.7 Å². The fourth-order valence-electron chi connectivity index (χ4n) is 4.32. The van der Waals surface area contributed by atoms with Crippen LogP contribution in [0.4, 0.5) is 40.8 Å². The number of rotatable bonds is 7. The Kier molecular flexibility index (Phi) is 10.7. The number of hydrogen-bond donors (Lipinski definition) is 3. The zero-order valence-corrected chi connectivity index (χ0v) is 24.5. The number of methoxy groups -OCH3 is 1. The number of ether oxygens (including phenoxy) is 2. The van der Waals surface area contributed by atoms with Crippen molar-refractivity contribution in [2.45, 2.75) is 43.7 Å². The minimum absolute atomic E-state index is 0.131. The summed E-state index contributed by atoms with van der Waals surface area (Å²) in [5, 5.41) is 6.46. The van der Waals surface area contributed by atoms with Crippen molar-refractivity contribution in [3.8, 4) is 5.75 Å². The van der Waals surface area contributed by atoms with Crippen molar-refractivity contribution in [3.63, 3.8) is 0 Å².